The Kier molecular flexibility index (Phi) is 4.36. The first kappa shape index (κ1) is 15.2. The van der Waals surface area contributed by atoms with Crippen LogP contribution in [0.25, 0.3) is 0 Å². The van der Waals surface area contributed by atoms with Crippen LogP contribution in [0.5, 0.6) is 0 Å². The number of nitrogens with zero attached hydrogens (tertiary/aromatic N) is 3. The highest BCUT2D eigenvalue weighted by molar-refractivity contribution is 5.94. The molecule has 1 aliphatic carbocycles. The van der Waals surface area contributed by atoms with Gasteiger partial charge in [0.25, 0.3) is 5.91 Å². The first-order chi connectivity index (χ1) is 11.1. The van der Waals surface area contributed by atoms with Gasteiger partial charge >= 0.3 is 5.97 Å². The second-order valence-corrected chi connectivity index (χ2v) is 5.83. The minimum absolute atomic E-state index is 0.128. The van der Waals surface area contributed by atoms with Crippen molar-refractivity contribution >= 4 is 11.9 Å². The third-order valence-electron chi connectivity index (χ3n) is 3.83. The molecule has 1 atom stereocenters. The number of hydrogen-bond acceptors (Lipinski definition) is 4. The Labute approximate surface area is 133 Å². The number of rotatable bonds is 7. The topological polar surface area (TPSA) is 97.1 Å². The highest BCUT2D eigenvalue weighted by Gasteiger charge is 2.30. The van der Waals surface area contributed by atoms with Crippen LogP contribution in [-0.4, -0.2) is 38.0 Å². The van der Waals surface area contributed by atoms with E-state index in [1.165, 1.54) is 6.20 Å². The number of hydrogen-bond donors (Lipinski definition) is 2. The summed E-state index contributed by atoms with van der Waals surface area (Å²) in [5.74, 6) is -1.11. The van der Waals surface area contributed by atoms with E-state index < -0.39 is 17.9 Å². The Morgan fingerprint density at radius 2 is 2.04 bits per heavy atom. The van der Waals surface area contributed by atoms with E-state index in [1.807, 2.05) is 30.3 Å². The van der Waals surface area contributed by atoms with Crippen molar-refractivity contribution in [2.24, 2.45) is 5.92 Å². The Morgan fingerprint density at radius 1 is 1.30 bits per heavy atom. The Morgan fingerprint density at radius 3 is 2.70 bits per heavy atom. The van der Waals surface area contributed by atoms with Crippen LogP contribution in [0, 0.1) is 5.92 Å². The third-order valence-corrected chi connectivity index (χ3v) is 3.83. The molecule has 0 aliphatic heterocycles. The molecule has 3 rings (SSSR count). The summed E-state index contributed by atoms with van der Waals surface area (Å²) in [4.78, 5) is 23.4. The molecule has 7 nitrogen and oxygen atoms in total. The number of carbonyl (C=O) groups excluding carboxylic acids is 1. The van der Waals surface area contributed by atoms with E-state index >= 15 is 0 Å². The summed E-state index contributed by atoms with van der Waals surface area (Å²) < 4.78 is 1.56. The molecule has 1 heterocycles. The maximum absolute atomic E-state index is 12.1. The summed E-state index contributed by atoms with van der Waals surface area (Å²) in [6.45, 7) is 0.506. The second kappa shape index (κ2) is 6.60. The third kappa shape index (κ3) is 4.15. The molecule has 23 heavy (non-hydrogen) atoms. The van der Waals surface area contributed by atoms with Crippen molar-refractivity contribution in [2.45, 2.75) is 31.8 Å². The van der Waals surface area contributed by atoms with Crippen LogP contribution >= 0.6 is 0 Å². The van der Waals surface area contributed by atoms with Gasteiger partial charge in [0.1, 0.15) is 6.04 Å². The molecule has 120 valence electrons. The zero-order valence-electron chi connectivity index (χ0n) is 12.6. The lowest BCUT2D eigenvalue weighted by atomic mass is 10.1. The van der Waals surface area contributed by atoms with Gasteiger partial charge in [-0.15, -0.1) is 5.10 Å². The van der Waals surface area contributed by atoms with E-state index in [0.717, 1.165) is 18.4 Å². The predicted molar refractivity (Wildman–Crippen MR) is 81.8 cm³/mol. The Balaban J connectivity index is 1.62. The van der Waals surface area contributed by atoms with E-state index in [1.54, 1.807) is 4.68 Å². The van der Waals surface area contributed by atoms with Crippen molar-refractivity contribution < 1.29 is 14.7 Å². The molecule has 7 heteroatoms. The molecule has 0 spiro atoms. The molecule has 1 amide bonds. The quantitative estimate of drug-likeness (QED) is 0.803. The molecular formula is C16H18N4O3. The number of benzene rings is 1. The molecule has 1 saturated carbocycles. The Bertz CT molecular complexity index is 694. The maximum atomic E-state index is 12.1. The van der Waals surface area contributed by atoms with Crippen LogP contribution < -0.4 is 5.32 Å². The van der Waals surface area contributed by atoms with Gasteiger partial charge in [0.2, 0.25) is 0 Å². The SMILES string of the molecule is O=C(NC(CC1CC1)C(=O)O)c1cn(Cc2ccccc2)nn1. The number of aromatic nitrogens is 3. The van der Waals surface area contributed by atoms with Crippen LogP contribution in [0.2, 0.25) is 0 Å². The molecule has 0 radical (unpaired) electrons. The normalized spacial score (nSPS) is 15.1. The summed E-state index contributed by atoms with van der Waals surface area (Å²) in [6, 6.07) is 8.82. The number of carboxylic acid groups (broad SMARTS) is 1. The van der Waals surface area contributed by atoms with E-state index in [-0.39, 0.29) is 5.69 Å². The molecule has 1 aliphatic rings. The Hall–Kier alpha value is -2.70. The van der Waals surface area contributed by atoms with E-state index in [4.69, 9.17) is 0 Å². The van der Waals surface area contributed by atoms with Gasteiger partial charge in [-0.3, -0.25) is 4.79 Å². The summed E-state index contributed by atoms with van der Waals surface area (Å²) in [6.07, 6.45) is 4.07. The van der Waals surface area contributed by atoms with Crippen molar-refractivity contribution in [3.05, 3.63) is 47.8 Å². The number of carboxylic acids is 1. The lowest BCUT2D eigenvalue weighted by Gasteiger charge is -2.12. The van der Waals surface area contributed by atoms with Gasteiger partial charge < -0.3 is 10.4 Å². The monoisotopic (exact) mass is 314 g/mol. The summed E-state index contributed by atoms with van der Waals surface area (Å²) in [5, 5.41) is 19.5. The minimum atomic E-state index is -1.01. The number of carbonyl (C=O) groups is 2. The van der Waals surface area contributed by atoms with Gasteiger partial charge in [-0.05, 0) is 17.9 Å². The lowest BCUT2D eigenvalue weighted by Crippen LogP contribution is -2.41. The van der Waals surface area contributed by atoms with Crippen molar-refractivity contribution in [3.8, 4) is 0 Å². The fraction of sp³-hybridized carbons (Fsp3) is 0.375. The maximum Gasteiger partial charge on any atom is 0.326 e. The molecular weight excluding hydrogens is 296 g/mol. The molecule has 2 N–H and O–H groups in total. The largest absolute Gasteiger partial charge is 0.480 e. The summed E-state index contributed by atoms with van der Waals surface area (Å²) in [5.41, 5.74) is 1.17. The zero-order chi connectivity index (χ0) is 16.2. The molecule has 1 unspecified atom stereocenters. The average molecular weight is 314 g/mol. The number of amides is 1. The predicted octanol–water partition coefficient (Wildman–Crippen LogP) is 1.31. The highest BCUT2D eigenvalue weighted by Crippen LogP contribution is 2.33. The summed E-state index contributed by atoms with van der Waals surface area (Å²) >= 11 is 0. The van der Waals surface area contributed by atoms with Crippen LogP contribution in [0.1, 0.15) is 35.3 Å². The fourth-order valence-electron chi connectivity index (χ4n) is 2.39. The van der Waals surface area contributed by atoms with Gasteiger partial charge in [-0.25, -0.2) is 9.48 Å². The average Bonchev–Trinajstić information content (AvgIpc) is 3.23. The minimum Gasteiger partial charge on any atom is -0.480 e. The standard InChI is InChI=1S/C16H18N4O3/c21-15(17-13(16(22)23)8-11-6-7-11)14-10-20(19-18-14)9-12-4-2-1-3-5-12/h1-5,10-11,13H,6-9H2,(H,17,21)(H,22,23). The van der Waals surface area contributed by atoms with E-state index in [2.05, 4.69) is 15.6 Å². The van der Waals surface area contributed by atoms with Gasteiger partial charge in [-0.2, -0.15) is 0 Å². The van der Waals surface area contributed by atoms with Crippen molar-refractivity contribution in [1.29, 1.82) is 0 Å². The van der Waals surface area contributed by atoms with Crippen molar-refractivity contribution in [2.75, 3.05) is 0 Å². The molecule has 2 aromatic rings. The molecule has 0 saturated heterocycles. The molecule has 0 bridgehead atoms. The van der Waals surface area contributed by atoms with Gasteiger partial charge in [0.15, 0.2) is 5.69 Å². The molecule has 1 fully saturated rings. The lowest BCUT2D eigenvalue weighted by molar-refractivity contribution is -0.139. The smallest absolute Gasteiger partial charge is 0.326 e. The van der Waals surface area contributed by atoms with Crippen LogP contribution in [0.4, 0.5) is 0 Å². The fourth-order valence-corrected chi connectivity index (χ4v) is 2.39. The van der Waals surface area contributed by atoms with E-state index in [9.17, 15) is 14.7 Å². The van der Waals surface area contributed by atoms with Crippen LogP contribution in [0.15, 0.2) is 36.5 Å². The molecule has 1 aromatic carbocycles. The first-order valence-electron chi connectivity index (χ1n) is 7.59. The van der Waals surface area contributed by atoms with Gasteiger partial charge in [0.05, 0.1) is 12.7 Å². The number of aliphatic carboxylic acids is 1. The van der Waals surface area contributed by atoms with E-state index in [0.29, 0.717) is 18.9 Å². The van der Waals surface area contributed by atoms with Gasteiger partial charge in [-0.1, -0.05) is 48.4 Å². The number of nitrogens with one attached hydrogen (secondary N) is 1. The molecule has 1 aromatic heterocycles. The second-order valence-electron chi connectivity index (χ2n) is 5.83. The zero-order valence-corrected chi connectivity index (χ0v) is 12.6. The van der Waals surface area contributed by atoms with Crippen molar-refractivity contribution in [1.82, 2.24) is 20.3 Å². The van der Waals surface area contributed by atoms with Gasteiger partial charge in [0, 0.05) is 0 Å². The van der Waals surface area contributed by atoms with Crippen LogP contribution in [-0.2, 0) is 11.3 Å². The summed E-state index contributed by atoms with van der Waals surface area (Å²) in [7, 11) is 0. The van der Waals surface area contributed by atoms with Crippen LogP contribution in [0.3, 0.4) is 0 Å². The highest BCUT2D eigenvalue weighted by atomic mass is 16.4. The first-order valence-corrected chi connectivity index (χ1v) is 7.59. The van der Waals surface area contributed by atoms with Crippen molar-refractivity contribution in [3.63, 3.8) is 0 Å².